The number of aryl methyl sites for hydroxylation is 3. The normalized spacial score (nSPS) is 13.0. The molecule has 1 aliphatic heterocycles. The number of nitrogens with one attached hydrogen (secondary N) is 1. The van der Waals surface area contributed by atoms with Crippen molar-refractivity contribution in [3.8, 4) is 5.75 Å². The van der Waals surface area contributed by atoms with Crippen molar-refractivity contribution in [2.24, 2.45) is 0 Å². The highest BCUT2D eigenvalue weighted by Crippen LogP contribution is 2.30. The fourth-order valence-electron chi connectivity index (χ4n) is 2.85. The molecule has 0 fully saturated rings. The van der Waals surface area contributed by atoms with Crippen LogP contribution in [0.25, 0.3) is 6.08 Å². The van der Waals surface area contributed by atoms with E-state index in [4.69, 9.17) is 4.74 Å². The van der Waals surface area contributed by atoms with Gasteiger partial charge in [0.25, 0.3) is 5.91 Å². The Morgan fingerprint density at radius 3 is 2.52 bits per heavy atom. The lowest BCUT2D eigenvalue weighted by molar-refractivity contribution is -0.113. The smallest absolute Gasteiger partial charge is 0.255 e. The predicted molar refractivity (Wildman–Crippen MR) is 96.9 cm³/mol. The average molecular weight is 372 g/mol. The van der Waals surface area contributed by atoms with E-state index in [0.717, 1.165) is 32.6 Å². The molecular formula is C19H18BrNO2. The summed E-state index contributed by atoms with van der Waals surface area (Å²) in [7, 11) is 0. The maximum absolute atomic E-state index is 12.6. The van der Waals surface area contributed by atoms with Crippen molar-refractivity contribution in [2.75, 3.05) is 11.9 Å². The summed E-state index contributed by atoms with van der Waals surface area (Å²) >= 11 is 3.44. The second-order valence-electron chi connectivity index (χ2n) is 5.87. The molecule has 1 N–H and O–H groups in total. The number of carbonyl (C=O) groups excluding carboxylic acids is 1. The van der Waals surface area contributed by atoms with Crippen LogP contribution in [0.5, 0.6) is 5.75 Å². The van der Waals surface area contributed by atoms with E-state index in [2.05, 4.69) is 40.3 Å². The summed E-state index contributed by atoms with van der Waals surface area (Å²) in [6.07, 6.45) is 1.89. The highest BCUT2D eigenvalue weighted by Gasteiger charge is 2.18. The van der Waals surface area contributed by atoms with Crippen LogP contribution in [0.2, 0.25) is 0 Å². The van der Waals surface area contributed by atoms with Crippen molar-refractivity contribution >= 4 is 33.6 Å². The second kappa shape index (κ2) is 6.20. The zero-order chi connectivity index (χ0) is 16.6. The van der Waals surface area contributed by atoms with Gasteiger partial charge >= 0.3 is 0 Å². The highest BCUT2D eigenvalue weighted by molar-refractivity contribution is 9.10. The molecule has 1 amide bonds. The molecule has 0 atom stereocenters. The number of anilines is 1. The van der Waals surface area contributed by atoms with Gasteiger partial charge < -0.3 is 10.1 Å². The number of benzene rings is 2. The van der Waals surface area contributed by atoms with Crippen LogP contribution in [-0.4, -0.2) is 12.5 Å². The minimum Gasteiger partial charge on any atom is -0.488 e. The van der Waals surface area contributed by atoms with Gasteiger partial charge in [0.05, 0.1) is 5.57 Å². The summed E-state index contributed by atoms with van der Waals surface area (Å²) in [5.74, 6) is 0.679. The fraction of sp³-hybridized carbons (Fsp3) is 0.211. The summed E-state index contributed by atoms with van der Waals surface area (Å²) in [5.41, 5.74) is 5.73. The summed E-state index contributed by atoms with van der Waals surface area (Å²) in [4.78, 5) is 12.6. The molecule has 0 aromatic heterocycles. The van der Waals surface area contributed by atoms with Crippen LogP contribution in [0.15, 0.2) is 40.4 Å². The lowest BCUT2D eigenvalue weighted by Crippen LogP contribution is -2.22. The standard InChI is InChI=1S/C19H18BrNO2/c1-11-6-12(2)18(13(3)7-11)21-19(22)15-8-14-9-16(20)4-5-17(14)23-10-15/h4-9H,10H2,1-3H3,(H,21,22). The van der Waals surface area contributed by atoms with Crippen LogP contribution in [-0.2, 0) is 4.79 Å². The summed E-state index contributed by atoms with van der Waals surface area (Å²) in [5, 5.41) is 3.02. The van der Waals surface area contributed by atoms with Gasteiger partial charge in [0.15, 0.2) is 0 Å². The Bertz CT molecular complexity index is 801. The molecular weight excluding hydrogens is 354 g/mol. The first-order chi connectivity index (χ1) is 10.9. The quantitative estimate of drug-likeness (QED) is 0.823. The zero-order valence-corrected chi connectivity index (χ0v) is 15.0. The average Bonchev–Trinajstić information content (AvgIpc) is 2.49. The third-order valence-electron chi connectivity index (χ3n) is 3.89. The molecule has 1 heterocycles. The summed E-state index contributed by atoms with van der Waals surface area (Å²) < 4.78 is 6.64. The van der Waals surface area contributed by atoms with Crippen LogP contribution in [0.1, 0.15) is 22.3 Å². The van der Waals surface area contributed by atoms with Crippen molar-refractivity contribution in [1.29, 1.82) is 0 Å². The number of halogens is 1. The molecule has 0 spiro atoms. The Labute approximate surface area is 144 Å². The molecule has 2 aromatic rings. The van der Waals surface area contributed by atoms with Gasteiger partial charge in [0.2, 0.25) is 0 Å². The largest absolute Gasteiger partial charge is 0.488 e. The third-order valence-corrected chi connectivity index (χ3v) is 4.39. The van der Waals surface area contributed by atoms with Gasteiger partial charge in [0, 0.05) is 15.7 Å². The van der Waals surface area contributed by atoms with E-state index in [0.29, 0.717) is 5.57 Å². The number of rotatable bonds is 2. The molecule has 2 aromatic carbocycles. The molecule has 0 saturated heterocycles. The Morgan fingerprint density at radius 2 is 1.83 bits per heavy atom. The molecule has 3 rings (SSSR count). The van der Waals surface area contributed by atoms with Crippen molar-refractivity contribution in [2.45, 2.75) is 20.8 Å². The van der Waals surface area contributed by atoms with Gasteiger partial charge in [-0.05, 0) is 56.2 Å². The molecule has 23 heavy (non-hydrogen) atoms. The monoisotopic (exact) mass is 371 g/mol. The Hall–Kier alpha value is -2.07. The summed E-state index contributed by atoms with van der Waals surface area (Å²) in [6, 6.07) is 9.92. The van der Waals surface area contributed by atoms with Gasteiger partial charge in [-0.15, -0.1) is 0 Å². The Morgan fingerprint density at radius 1 is 1.13 bits per heavy atom. The van der Waals surface area contributed by atoms with Crippen LogP contribution >= 0.6 is 15.9 Å². The van der Waals surface area contributed by atoms with Crippen LogP contribution in [0.3, 0.4) is 0 Å². The molecule has 3 nitrogen and oxygen atoms in total. The fourth-order valence-corrected chi connectivity index (χ4v) is 3.23. The van der Waals surface area contributed by atoms with Crippen molar-refractivity contribution in [3.63, 3.8) is 0 Å². The number of fused-ring (bicyclic) bond motifs is 1. The van der Waals surface area contributed by atoms with E-state index in [1.165, 1.54) is 5.56 Å². The lowest BCUT2D eigenvalue weighted by atomic mass is 10.0. The number of amides is 1. The Kier molecular flexibility index (Phi) is 4.26. The van der Waals surface area contributed by atoms with E-state index >= 15 is 0 Å². The van der Waals surface area contributed by atoms with Gasteiger partial charge in [-0.2, -0.15) is 0 Å². The van der Waals surface area contributed by atoms with Gasteiger partial charge in [-0.3, -0.25) is 4.79 Å². The molecule has 0 aliphatic carbocycles. The minimum absolute atomic E-state index is 0.120. The van der Waals surface area contributed by atoms with Crippen molar-refractivity contribution in [1.82, 2.24) is 0 Å². The van der Waals surface area contributed by atoms with E-state index in [1.807, 2.05) is 38.1 Å². The van der Waals surface area contributed by atoms with Crippen molar-refractivity contribution < 1.29 is 9.53 Å². The van der Waals surface area contributed by atoms with E-state index in [1.54, 1.807) is 0 Å². The minimum atomic E-state index is -0.120. The SMILES string of the molecule is Cc1cc(C)c(NC(=O)C2=Cc3cc(Br)ccc3OC2)c(C)c1. The predicted octanol–water partition coefficient (Wildman–Crippen LogP) is 4.79. The van der Waals surface area contributed by atoms with Gasteiger partial charge in [-0.25, -0.2) is 0 Å². The maximum Gasteiger partial charge on any atom is 0.255 e. The van der Waals surface area contributed by atoms with Crippen LogP contribution < -0.4 is 10.1 Å². The van der Waals surface area contributed by atoms with Gasteiger partial charge in [0.1, 0.15) is 12.4 Å². The first-order valence-corrected chi connectivity index (χ1v) is 8.25. The molecule has 0 radical (unpaired) electrons. The van der Waals surface area contributed by atoms with E-state index in [-0.39, 0.29) is 12.5 Å². The Balaban J connectivity index is 1.88. The summed E-state index contributed by atoms with van der Waals surface area (Å²) in [6.45, 7) is 6.35. The number of carbonyl (C=O) groups is 1. The molecule has 0 saturated carbocycles. The number of hydrogen-bond acceptors (Lipinski definition) is 2. The third kappa shape index (κ3) is 3.32. The lowest BCUT2D eigenvalue weighted by Gasteiger charge is -2.19. The van der Waals surface area contributed by atoms with E-state index in [9.17, 15) is 4.79 Å². The molecule has 118 valence electrons. The number of ether oxygens (including phenoxy) is 1. The van der Waals surface area contributed by atoms with Crippen LogP contribution in [0, 0.1) is 20.8 Å². The molecule has 1 aliphatic rings. The van der Waals surface area contributed by atoms with Crippen molar-refractivity contribution in [3.05, 3.63) is 62.6 Å². The topological polar surface area (TPSA) is 38.3 Å². The molecule has 0 bridgehead atoms. The maximum atomic E-state index is 12.6. The molecule has 0 unspecified atom stereocenters. The second-order valence-corrected chi connectivity index (χ2v) is 6.78. The first kappa shape index (κ1) is 15.8. The van der Waals surface area contributed by atoms with E-state index < -0.39 is 0 Å². The molecule has 4 heteroatoms. The van der Waals surface area contributed by atoms with Gasteiger partial charge in [-0.1, -0.05) is 33.6 Å². The first-order valence-electron chi connectivity index (χ1n) is 7.46. The highest BCUT2D eigenvalue weighted by atomic mass is 79.9. The number of hydrogen-bond donors (Lipinski definition) is 1. The zero-order valence-electron chi connectivity index (χ0n) is 13.4. The van der Waals surface area contributed by atoms with Crippen LogP contribution in [0.4, 0.5) is 5.69 Å².